The predicted octanol–water partition coefficient (Wildman–Crippen LogP) is 6.49. The lowest BCUT2D eigenvalue weighted by molar-refractivity contribution is 0.120. The molecule has 0 bridgehead atoms. The second-order valence-corrected chi connectivity index (χ2v) is 8.59. The van der Waals surface area contributed by atoms with Gasteiger partial charge in [0.2, 0.25) is 0 Å². The van der Waals surface area contributed by atoms with Gasteiger partial charge in [-0.05, 0) is 6.42 Å². The number of ether oxygens (including phenoxy) is 1. The minimum Gasteiger partial charge on any atom is -0.379 e. The molecule has 0 aromatic rings. The summed E-state index contributed by atoms with van der Waals surface area (Å²) in [4.78, 5) is 0. The highest BCUT2D eigenvalue weighted by Crippen LogP contribution is 2.14. The van der Waals surface area contributed by atoms with E-state index in [4.69, 9.17) is 15.7 Å². The average molecular weight is 410 g/mol. The Morgan fingerprint density at radius 2 is 1.24 bits per heavy atom. The molecule has 0 fully saturated rings. The van der Waals surface area contributed by atoms with Crippen molar-refractivity contribution in [1.29, 1.82) is 5.26 Å². The van der Waals surface area contributed by atoms with Gasteiger partial charge < -0.3 is 15.8 Å². The van der Waals surface area contributed by atoms with Crippen LogP contribution < -0.4 is 11.1 Å². The lowest BCUT2D eigenvalue weighted by Gasteiger charge is -2.12. The van der Waals surface area contributed by atoms with Crippen molar-refractivity contribution in [2.75, 3.05) is 26.3 Å². The minimum absolute atomic E-state index is 0.167. The van der Waals surface area contributed by atoms with Crippen molar-refractivity contribution in [3.8, 4) is 6.07 Å². The molecule has 0 rings (SSSR count). The first-order chi connectivity index (χ1) is 14.3. The maximum atomic E-state index is 8.44. The molecule has 0 heterocycles. The van der Waals surface area contributed by atoms with Crippen LogP contribution in [0.15, 0.2) is 0 Å². The highest BCUT2D eigenvalue weighted by Gasteiger charge is 2.02. The molecule has 1 unspecified atom stereocenters. The topological polar surface area (TPSA) is 71.1 Å². The van der Waals surface area contributed by atoms with Crippen LogP contribution in [0.3, 0.4) is 0 Å². The normalized spacial score (nSPS) is 12.2. The van der Waals surface area contributed by atoms with Crippen LogP contribution in [0.2, 0.25) is 0 Å². The van der Waals surface area contributed by atoms with Crippen LogP contribution >= 0.6 is 0 Å². The molecule has 0 saturated heterocycles. The Hall–Kier alpha value is -0.630. The Morgan fingerprint density at radius 3 is 1.72 bits per heavy atom. The Balaban J connectivity index is 3.11. The second kappa shape index (κ2) is 25.4. The van der Waals surface area contributed by atoms with Crippen LogP contribution in [-0.2, 0) is 4.74 Å². The van der Waals surface area contributed by atoms with Crippen molar-refractivity contribution in [1.82, 2.24) is 5.32 Å². The zero-order chi connectivity index (χ0) is 21.3. The van der Waals surface area contributed by atoms with E-state index in [-0.39, 0.29) is 6.04 Å². The summed E-state index contributed by atoms with van der Waals surface area (Å²) in [6, 6.07) is 2.28. The number of unbranched alkanes of at least 4 members (excludes halogenated alkanes) is 15. The van der Waals surface area contributed by atoms with E-state index >= 15 is 0 Å². The molecule has 0 aromatic heterocycles. The molecule has 0 aliphatic carbocycles. The molecule has 0 aromatic carbocycles. The molecule has 1 atom stereocenters. The van der Waals surface area contributed by atoms with Crippen LogP contribution in [0, 0.1) is 11.3 Å². The lowest BCUT2D eigenvalue weighted by Crippen LogP contribution is -2.28. The number of nitrogens with two attached hydrogens (primary N) is 1. The third-order valence-corrected chi connectivity index (χ3v) is 5.60. The fraction of sp³-hybridized carbons (Fsp3) is 0.960. The highest BCUT2D eigenvalue weighted by molar-refractivity contribution is 4.69. The summed E-state index contributed by atoms with van der Waals surface area (Å²) in [6.45, 7) is 5.16. The molecule has 0 saturated carbocycles. The molecule has 4 nitrogen and oxygen atoms in total. The molecule has 3 N–H and O–H groups in total. The van der Waals surface area contributed by atoms with E-state index in [2.05, 4.69) is 18.3 Å². The molecule has 172 valence electrons. The first-order valence-corrected chi connectivity index (χ1v) is 12.7. The Kier molecular flexibility index (Phi) is 24.9. The number of nitrogens with zero attached hydrogens (tertiary/aromatic N) is 1. The van der Waals surface area contributed by atoms with Gasteiger partial charge in [-0.1, -0.05) is 110 Å². The zero-order valence-corrected chi connectivity index (χ0v) is 19.6. The van der Waals surface area contributed by atoms with Gasteiger partial charge in [0.25, 0.3) is 0 Å². The molecule has 0 aliphatic rings. The maximum Gasteiger partial charge on any atom is 0.0635 e. The SMILES string of the molecule is CCCCCCCCCCCCCCCCCCC(N)COCCNCCC#N. The summed E-state index contributed by atoms with van der Waals surface area (Å²) in [5.41, 5.74) is 6.11. The molecule has 4 heteroatoms. The summed E-state index contributed by atoms with van der Waals surface area (Å²) in [5.74, 6) is 0. The van der Waals surface area contributed by atoms with Crippen molar-refractivity contribution < 1.29 is 4.74 Å². The number of hydrogen-bond acceptors (Lipinski definition) is 4. The quantitative estimate of drug-likeness (QED) is 0.179. The molecule has 0 aliphatic heterocycles. The Labute approximate surface area is 182 Å². The molecule has 29 heavy (non-hydrogen) atoms. The Bertz CT molecular complexity index is 343. The van der Waals surface area contributed by atoms with Crippen LogP contribution in [0.4, 0.5) is 0 Å². The van der Waals surface area contributed by atoms with E-state index in [0.29, 0.717) is 19.6 Å². The van der Waals surface area contributed by atoms with Crippen molar-refractivity contribution in [2.24, 2.45) is 5.73 Å². The summed E-state index contributed by atoms with van der Waals surface area (Å²) in [5, 5.41) is 11.6. The summed E-state index contributed by atoms with van der Waals surface area (Å²) in [6.07, 6.45) is 24.1. The molecule has 0 amide bonds. The highest BCUT2D eigenvalue weighted by atomic mass is 16.5. The van der Waals surface area contributed by atoms with Crippen LogP contribution in [0.1, 0.15) is 122 Å². The van der Waals surface area contributed by atoms with Crippen molar-refractivity contribution in [3.05, 3.63) is 0 Å². The molecule has 0 spiro atoms. The fourth-order valence-electron chi connectivity index (χ4n) is 3.69. The summed E-state index contributed by atoms with van der Waals surface area (Å²) < 4.78 is 5.58. The van der Waals surface area contributed by atoms with Crippen molar-refractivity contribution >= 4 is 0 Å². The van der Waals surface area contributed by atoms with Gasteiger partial charge in [0, 0.05) is 25.6 Å². The summed E-state index contributed by atoms with van der Waals surface area (Å²) in [7, 11) is 0. The average Bonchev–Trinajstić information content (AvgIpc) is 2.72. The number of nitrogens with one attached hydrogen (secondary N) is 1. The van der Waals surface area contributed by atoms with E-state index in [1.54, 1.807) is 0 Å². The van der Waals surface area contributed by atoms with Gasteiger partial charge >= 0.3 is 0 Å². The van der Waals surface area contributed by atoms with Gasteiger partial charge in [-0.2, -0.15) is 5.26 Å². The van der Waals surface area contributed by atoms with Gasteiger partial charge in [-0.25, -0.2) is 0 Å². The second-order valence-electron chi connectivity index (χ2n) is 8.59. The van der Waals surface area contributed by atoms with Crippen LogP contribution in [-0.4, -0.2) is 32.3 Å². The molecule has 0 radical (unpaired) electrons. The van der Waals surface area contributed by atoms with E-state index in [0.717, 1.165) is 19.5 Å². The van der Waals surface area contributed by atoms with Gasteiger partial charge in [0.15, 0.2) is 0 Å². The minimum atomic E-state index is 0.167. The van der Waals surface area contributed by atoms with E-state index in [1.807, 2.05) is 0 Å². The molecular weight excluding hydrogens is 358 g/mol. The van der Waals surface area contributed by atoms with Gasteiger partial charge in [0.05, 0.1) is 19.3 Å². The third-order valence-electron chi connectivity index (χ3n) is 5.60. The largest absolute Gasteiger partial charge is 0.379 e. The smallest absolute Gasteiger partial charge is 0.0635 e. The van der Waals surface area contributed by atoms with Gasteiger partial charge in [-0.3, -0.25) is 0 Å². The fourth-order valence-corrected chi connectivity index (χ4v) is 3.69. The van der Waals surface area contributed by atoms with E-state index in [9.17, 15) is 0 Å². The monoisotopic (exact) mass is 409 g/mol. The van der Waals surface area contributed by atoms with Crippen molar-refractivity contribution in [2.45, 2.75) is 129 Å². The first-order valence-electron chi connectivity index (χ1n) is 12.7. The standard InChI is InChI=1S/C25H51N3O/c1-2-3-4-5-6-7-8-9-10-11-12-13-14-15-16-17-19-25(27)24-29-23-22-28-21-18-20-26/h25,28H,2-19,21-24,27H2,1H3. The van der Waals surface area contributed by atoms with Crippen LogP contribution in [0.25, 0.3) is 0 Å². The molecular formula is C25H51N3O. The lowest BCUT2D eigenvalue weighted by atomic mass is 10.0. The summed E-state index contributed by atoms with van der Waals surface area (Å²) >= 11 is 0. The van der Waals surface area contributed by atoms with Gasteiger partial charge in [-0.15, -0.1) is 0 Å². The number of rotatable bonds is 24. The van der Waals surface area contributed by atoms with Gasteiger partial charge in [0.1, 0.15) is 0 Å². The zero-order valence-electron chi connectivity index (χ0n) is 19.6. The van der Waals surface area contributed by atoms with Crippen LogP contribution in [0.5, 0.6) is 0 Å². The first kappa shape index (κ1) is 28.4. The third kappa shape index (κ3) is 25.3. The predicted molar refractivity (Wildman–Crippen MR) is 126 cm³/mol. The van der Waals surface area contributed by atoms with Crippen molar-refractivity contribution in [3.63, 3.8) is 0 Å². The van der Waals surface area contributed by atoms with E-state index < -0.39 is 0 Å². The maximum absolute atomic E-state index is 8.44. The van der Waals surface area contributed by atoms with E-state index in [1.165, 1.54) is 103 Å². The number of hydrogen-bond donors (Lipinski definition) is 2. The number of nitriles is 1. The Morgan fingerprint density at radius 1 is 0.759 bits per heavy atom.